The average molecular weight is 270 g/mol. The number of aromatic nitrogens is 1. The molecule has 2 aromatic rings. The zero-order chi connectivity index (χ0) is 13.8. The van der Waals surface area contributed by atoms with E-state index in [0.29, 0.717) is 24.4 Å². The minimum absolute atomic E-state index is 0.191. The van der Waals surface area contributed by atoms with E-state index < -0.39 is 23.0 Å². The minimum atomic E-state index is -1.03. The molecular formula is C13H13F3N2O. The highest BCUT2D eigenvalue weighted by Gasteiger charge is 2.18. The Bertz CT molecular complexity index is 546. The van der Waals surface area contributed by atoms with E-state index in [4.69, 9.17) is 4.42 Å². The smallest absolute Gasteiger partial charge is 0.232 e. The molecule has 1 N–H and O–H groups in total. The van der Waals surface area contributed by atoms with Crippen LogP contribution in [-0.2, 0) is 6.54 Å². The molecular weight excluding hydrogens is 257 g/mol. The monoisotopic (exact) mass is 270 g/mol. The molecule has 0 amide bonds. The molecule has 0 radical (unpaired) electrons. The highest BCUT2D eigenvalue weighted by atomic mass is 19.1. The number of oxazole rings is 1. The van der Waals surface area contributed by atoms with Gasteiger partial charge in [0.05, 0.1) is 5.69 Å². The molecule has 1 heterocycles. The predicted molar refractivity (Wildman–Crippen MR) is 63.8 cm³/mol. The molecule has 102 valence electrons. The number of nitrogens with zero attached hydrogens (tertiary/aromatic N) is 1. The number of rotatable bonds is 5. The first-order valence-electron chi connectivity index (χ1n) is 5.92. The second-order valence-electron chi connectivity index (χ2n) is 4.07. The van der Waals surface area contributed by atoms with E-state index in [0.717, 1.165) is 13.0 Å². The largest absolute Gasteiger partial charge is 0.444 e. The second-order valence-corrected chi connectivity index (χ2v) is 4.07. The van der Waals surface area contributed by atoms with Crippen molar-refractivity contribution in [3.63, 3.8) is 0 Å². The maximum absolute atomic E-state index is 13.5. The molecule has 0 spiro atoms. The molecule has 6 heteroatoms. The van der Waals surface area contributed by atoms with Gasteiger partial charge in [-0.2, -0.15) is 0 Å². The van der Waals surface area contributed by atoms with Crippen molar-refractivity contribution in [2.75, 3.05) is 6.54 Å². The van der Waals surface area contributed by atoms with Crippen LogP contribution in [0.15, 0.2) is 22.8 Å². The van der Waals surface area contributed by atoms with E-state index in [1.165, 1.54) is 6.26 Å². The summed E-state index contributed by atoms with van der Waals surface area (Å²) in [5, 5.41) is 3.08. The van der Waals surface area contributed by atoms with Gasteiger partial charge < -0.3 is 9.73 Å². The van der Waals surface area contributed by atoms with Gasteiger partial charge in [0.1, 0.15) is 29.3 Å². The third-order valence-corrected chi connectivity index (χ3v) is 2.51. The number of halogens is 3. The van der Waals surface area contributed by atoms with Gasteiger partial charge >= 0.3 is 0 Å². The van der Waals surface area contributed by atoms with Crippen LogP contribution in [0.4, 0.5) is 13.2 Å². The molecule has 0 aliphatic carbocycles. The number of benzene rings is 1. The Kier molecular flexibility index (Phi) is 4.21. The maximum Gasteiger partial charge on any atom is 0.232 e. The van der Waals surface area contributed by atoms with Crippen LogP contribution in [0, 0.1) is 17.5 Å². The van der Waals surface area contributed by atoms with E-state index >= 15 is 0 Å². The topological polar surface area (TPSA) is 38.1 Å². The van der Waals surface area contributed by atoms with Crippen molar-refractivity contribution in [2.45, 2.75) is 19.9 Å². The molecule has 2 rings (SSSR count). The molecule has 1 aromatic heterocycles. The van der Waals surface area contributed by atoms with Gasteiger partial charge in [0.2, 0.25) is 5.89 Å². The number of nitrogens with one attached hydrogen (secondary N) is 1. The summed E-state index contributed by atoms with van der Waals surface area (Å²) in [7, 11) is 0. The van der Waals surface area contributed by atoms with E-state index in [1.54, 1.807) is 0 Å². The molecule has 19 heavy (non-hydrogen) atoms. The summed E-state index contributed by atoms with van der Waals surface area (Å²) >= 11 is 0. The molecule has 0 saturated heterocycles. The summed E-state index contributed by atoms with van der Waals surface area (Å²) in [6.45, 7) is 3.27. The quantitative estimate of drug-likeness (QED) is 0.847. The lowest BCUT2D eigenvalue weighted by molar-refractivity contribution is 0.524. The summed E-state index contributed by atoms with van der Waals surface area (Å²) in [5.41, 5.74) is 0.0784. The maximum atomic E-state index is 13.5. The van der Waals surface area contributed by atoms with Crippen molar-refractivity contribution in [2.24, 2.45) is 0 Å². The molecule has 0 saturated carbocycles. The highest BCUT2D eigenvalue weighted by Crippen LogP contribution is 2.26. The van der Waals surface area contributed by atoms with Crippen molar-refractivity contribution >= 4 is 0 Å². The predicted octanol–water partition coefficient (Wildman–Crippen LogP) is 3.26. The van der Waals surface area contributed by atoms with Crippen molar-refractivity contribution in [3.8, 4) is 11.5 Å². The number of hydrogen-bond acceptors (Lipinski definition) is 3. The van der Waals surface area contributed by atoms with E-state index in [1.807, 2.05) is 6.92 Å². The van der Waals surface area contributed by atoms with Crippen LogP contribution in [0.1, 0.15) is 19.0 Å². The van der Waals surface area contributed by atoms with Crippen molar-refractivity contribution in [1.29, 1.82) is 0 Å². The van der Waals surface area contributed by atoms with Crippen LogP contribution in [0.5, 0.6) is 0 Å². The van der Waals surface area contributed by atoms with Gasteiger partial charge in [-0.25, -0.2) is 18.2 Å². The van der Waals surface area contributed by atoms with Crippen molar-refractivity contribution < 1.29 is 17.6 Å². The minimum Gasteiger partial charge on any atom is -0.444 e. The zero-order valence-corrected chi connectivity index (χ0v) is 10.3. The molecule has 0 fully saturated rings. The SMILES string of the molecule is CCCNCc1coc(-c2c(F)cc(F)cc2F)n1. The van der Waals surface area contributed by atoms with Gasteiger partial charge in [-0.05, 0) is 13.0 Å². The Morgan fingerprint density at radius 1 is 1.21 bits per heavy atom. The first-order valence-corrected chi connectivity index (χ1v) is 5.92. The van der Waals surface area contributed by atoms with Crippen molar-refractivity contribution in [1.82, 2.24) is 10.3 Å². The van der Waals surface area contributed by atoms with E-state index in [9.17, 15) is 13.2 Å². The Hall–Kier alpha value is -1.82. The highest BCUT2D eigenvalue weighted by molar-refractivity contribution is 5.55. The standard InChI is InChI=1S/C13H13F3N2O/c1-2-3-17-6-9-7-19-13(18-9)12-10(15)4-8(14)5-11(12)16/h4-5,7,17H,2-3,6H2,1H3. The van der Waals surface area contributed by atoms with Gasteiger partial charge in [0.25, 0.3) is 0 Å². The van der Waals surface area contributed by atoms with Gasteiger partial charge in [0, 0.05) is 18.7 Å². The Morgan fingerprint density at radius 3 is 2.53 bits per heavy atom. The van der Waals surface area contributed by atoms with E-state index in [-0.39, 0.29) is 5.89 Å². The van der Waals surface area contributed by atoms with Gasteiger partial charge in [-0.1, -0.05) is 6.92 Å². The molecule has 1 aromatic carbocycles. The lowest BCUT2D eigenvalue weighted by atomic mass is 10.2. The second kappa shape index (κ2) is 5.88. The van der Waals surface area contributed by atoms with Crippen LogP contribution in [0.2, 0.25) is 0 Å². The zero-order valence-electron chi connectivity index (χ0n) is 10.3. The number of hydrogen-bond donors (Lipinski definition) is 1. The molecule has 0 unspecified atom stereocenters. The van der Waals surface area contributed by atoms with Crippen molar-refractivity contribution in [3.05, 3.63) is 41.5 Å². The fourth-order valence-corrected chi connectivity index (χ4v) is 1.64. The fourth-order valence-electron chi connectivity index (χ4n) is 1.64. The van der Waals surface area contributed by atoms with Gasteiger partial charge in [0.15, 0.2) is 0 Å². The van der Waals surface area contributed by atoms with Crippen LogP contribution in [-0.4, -0.2) is 11.5 Å². The Morgan fingerprint density at radius 2 is 1.89 bits per heavy atom. The molecule has 0 bridgehead atoms. The lowest BCUT2D eigenvalue weighted by Gasteiger charge is -2.00. The molecule has 0 aliphatic heterocycles. The Labute approximate surface area is 108 Å². The summed E-state index contributed by atoms with van der Waals surface area (Å²) in [5.74, 6) is -3.24. The molecule has 0 aliphatic rings. The third kappa shape index (κ3) is 3.14. The van der Waals surface area contributed by atoms with Gasteiger partial charge in [-0.15, -0.1) is 0 Å². The molecule has 0 atom stereocenters. The first-order chi connectivity index (χ1) is 9.11. The van der Waals surface area contributed by atoms with Crippen LogP contribution in [0.25, 0.3) is 11.5 Å². The van der Waals surface area contributed by atoms with E-state index in [2.05, 4.69) is 10.3 Å². The summed E-state index contributed by atoms with van der Waals surface area (Å²) in [4.78, 5) is 3.97. The summed E-state index contributed by atoms with van der Waals surface area (Å²) in [6, 6.07) is 1.19. The normalized spacial score (nSPS) is 10.9. The summed E-state index contributed by atoms with van der Waals surface area (Å²) < 4.78 is 44.9. The Balaban J connectivity index is 2.23. The average Bonchev–Trinajstić information content (AvgIpc) is 2.76. The van der Waals surface area contributed by atoms with Gasteiger partial charge in [-0.3, -0.25) is 0 Å². The third-order valence-electron chi connectivity index (χ3n) is 2.51. The first kappa shape index (κ1) is 13.6. The fraction of sp³-hybridized carbons (Fsp3) is 0.308. The van der Waals surface area contributed by atoms with Crippen LogP contribution >= 0.6 is 0 Å². The van der Waals surface area contributed by atoms with Crippen LogP contribution < -0.4 is 5.32 Å². The summed E-state index contributed by atoms with van der Waals surface area (Å²) in [6.07, 6.45) is 2.28. The molecule has 3 nitrogen and oxygen atoms in total. The van der Waals surface area contributed by atoms with Crippen LogP contribution in [0.3, 0.4) is 0 Å². The lowest BCUT2D eigenvalue weighted by Crippen LogP contribution is -2.13.